The number of ether oxygens (including phenoxy) is 2. The Labute approximate surface area is 101 Å². The molecule has 0 spiro atoms. The Morgan fingerprint density at radius 1 is 1.35 bits per heavy atom. The molecule has 1 aliphatic heterocycles. The fourth-order valence-electron chi connectivity index (χ4n) is 2.12. The normalized spacial score (nSPS) is 18.9. The van der Waals surface area contributed by atoms with Crippen LogP contribution in [0.15, 0.2) is 18.2 Å². The summed E-state index contributed by atoms with van der Waals surface area (Å²) in [6.45, 7) is 0. The van der Waals surface area contributed by atoms with Crippen molar-refractivity contribution in [3.05, 3.63) is 23.8 Å². The summed E-state index contributed by atoms with van der Waals surface area (Å²) in [5.74, 6) is 1.73. The molecule has 0 aliphatic carbocycles. The van der Waals surface area contributed by atoms with Crippen LogP contribution in [0.1, 0.15) is 18.4 Å². The van der Waals surface area contributed by atoms with E-state index >= 15 is 0 Å². The maximum absolute atomic E-state index is 11.1. The standard InChI is InChI=1S/C13H17NO3/c1-16-11-5-3-9(12(8-11)17-2)7-10-4-6-13(15)14-10/h3,5,8,10H,4,6-7H2,1-2H3,(H,14,15). The summed E-state index contributed by atoms with van der Waals surface area (Å²) in [6, 6.07) is 5.99. The number of nitrogens with one attached hydrogen (secondary N) is 1. The summed E-state index contributed by atoms with van der Waals surface area (Å²) in [4.78, 5) is 11.1. The van der Waals surface area contributed by atoms with Crippen molar-refractivity contribution < 1.29 is 14.3 Å². The first-order valence-electron chi connectivity index (χ1n) is 5.73. The molecule has 1 unspecified atom stereocenters. The van der Waals surface area contributed by atoms with Crippen LogP contribution in [0, 0.1) is 0 Å². The van der Waals surface area contributed by atoms with Crippen molar-refractivity contribution in [3.63, 3.8) is 0 Å². The van der Waals surface area contributed by atoms with Crippen molar-refractivity contribution in [1.82, 2.24) is 5.32 Å². The summed E-state index contributed by atoms with van der Waals surface area (Å²) >= 11 is 0. The van der Waals surface area contributed by atoms with Crippen LogP contribution < -0.4 is 14.8 Å². The molecule has 0 saturated carbocycles. The van der Waals surface area contributed by atoms with Gasteiger partial charge < -0.3 is 14.8 Å². The van der Waals surface area contributed by atoms with Gasteiger partial charge in [-0.2, -0.15) is 0 Å². The molecule has 1 aromatic carbocycles. The van der Waals surface area contributed by atoms with Gasteiger partial charge in [-0.05, 0) is 24.5 Å². The summed E-state index contributed by atoms with van der Waals surface area (Å²) in [7, 11) is 3.27. The summed E-state index contributed by atoms with van der Waals surface area (Å²) < 4.78 is 10.5. The molecule has 1 aromatic rings. The largest absolute Gasteiger partial charge is 0.497 e. The first-order valence-corrected chi connectivity index (χ1v) is 5.73. The van der Waals surface area contributed by atoms with Crippen molar-refractivity contribution in [2.45, 2.75) is 25.3 Å². The molecule has 2 rings (SSSR count). The average molecular weight is 235 g/mol. The SMILES string of the molecule is COc1ccc(CC2CCC(=O)N2)c(OC)c1. The Morgan fingerprint density at radius 3 is 2.76 bits per heavy atom. The molecule has 1 saturated heterocycles. The number of hydrogen-bond donors (Lipinski definition) is 1. The first kappa shape index (κ1) is 11.8. The minimum atomic E-state index is 0.141. The number of rotatable bonds is 4. The van der Waals surface area contributed by atoms with Crippen LogP contribution in [0.2, 0.25) is 0 Å². The number of benzene rings is 1. The lowest BCUT2D eigenvalue weighted by Gasteiger charge is -2.14. The lowest BCUT2D eigenvalue weighted by Crippen LogP contribution is -2.27. The molecular formula is C13H17NO3. The van der Waals surface area contributed by atoms with E-state index in [2.05, 4.69) is 5.32 Å². The van der Waals surface area contributed by atoms with Crippen molar-refractivity contribution in [2.24, 2.45) is 0 Å². The van der Waals surface area contributed by atoms with E-state index < -0.39 is 0 Å². The summed E-state index contributed by atoms with van der Waals surface area (Å²) in [5, 5.41) is 2.96. The van der Waals surface area contributed by atoms with Gasteiger partial charge in [0.25, 0.3) is 0 Å². The Morgan fingerprint density at radius 2 is 2.18 bits per heavy atom. The average Bonchev–Trinajstić information content (AvgIpc) is 2.75. The third-order valence-electron chi connectivity index (χ3n) is 3.05. The van der Waals surface area contributed by atoms with E-state index in [0.717, 1.165) is 29.9 Å². The lowest BCUT2D eigenvalue weighted by atomic mass is 10.0. The van der Waals surface area contributed by atoms with Gasteiger partial charge in [0.05, 0.1) is 14.2 Å². The number of carbonyl (C=O) groups is 1. The summed E-state index contributed by atoms with van der Waals surface area (Å²) in [6.07, 6.45) is 2.33. The third-order valence-corrected chi connectivity index (χ3v) is 3.05. The molecule has 17 heavy (non-hydrogen) atoms. The van der Waals surface area contributed by atoms with Gasteiger partial charge in [-0.3, -0.25) is 4.79 Å². The fourth-order valence-corrected chi connectivity index (χ4v) is 2.12. The van der Waals surface area contributed by atoms with Crippen LogP contribution in [0.3, 0.4) is 0 Å². The number of carbonyl (C=O) groups excluding carboxylic acids is 1. The molecule has 1 aliphatic rings. The fraction of sp³-hybridized carbons (Fsp3) is 0.462. The maximum Gasteiger partial charge on any atom is 0.220 e. The predicted molar refractivity (Wildman–Crippen MR) is 64.4 cm³/mol. The molecule has 0 radical (unpaired) electrons. The molecule has 1 atom stereocenters. The lowest BCUT2D eigenvalue weighted by molar-refractivity contribution is -0.119. The number of methoxy groups -OCH3 is 2. The molecule has 0 aromatic heterocycles. The zero-order valence-electron chi connectivity index (χ0n) is 10.2. The second-order valence-corrected chi connectivity index (χ2v) is 4.19. The highest BCUT2D eigenvalue weighted by molar-refractivity contribution is 5.78. The maximum atomic E-state index is 11.1. The van der Waals surface area contributed by atoms with Crippen molar-refractivity contribution in [3.8, 4) is 11.5 Å². The van der Waals surface area contributed by atoms with Crippen LogP contribution in [-0.4, -0.2) is 26.2 Å². The van der Waals surface area contributed by atoms with Gasteiger partial charge in [-0.25, -0.2) is 0 Å². The van der Waals surface area contributed by atoms with E-state index in [-0.39, 0.29) is 11.9 Å². The van der Waals surface area contributed by atoms with Crippen LogP contribution in [0.4, 0.5) is 0 Å². The van der Waals surface area contributed by atoms with E-state index in [9.17, 15) is 4.79 Å². The van der Waals surface area contributed by atoms with Crippen molar-refractivity contribution in [2.75, 3.05) is 14.2 Å². The van der Waals surface area contributed by atoms with Gasteiger partial charge >= 0.3 is 0 Å². The van der Waals surface area contributed by atoms with E-state index in [1.807, 2.05) is 18.2 Å². The Hall–Kier alpha value is -1.71. The highest BCUT2D eigenvalue weighted by atomic mass is 16.5. The van der Waals surface area contributed by atoms with E-state index in [1.165, 1.54) is 0 Å². The molecule has 92 valence electrons. The third kappa shape index (κ3) is 2.70. The van der Waals surface area contributed by atoms with Crippen LogP contribution in [-0.2, 0) is 11.2 Å². The molecule has 1 fully saturated rings. The Bertz CT molecular complexity index is 417. The quantitative estimate of drug-likeness (QED) is 0.860. The van der Waals surface area contributed by atoms with Crippen molar-refractivity contribution in [1.29, 1.82) is 0 Å². The van der Waals surface area contributed by atoms with Gasteiger partial charge in [0, 0.05) is 18.5 Å². The van der Waals surface area contributed by atoms with E-state index in [1.54, 1.807) is 14.2 Å². The van der Waals surface area contributed by atoms with Crippen LogP contribution in [0.5, 0.6) is 11.5 Å². The van der Waals surface area contributed by atoms with E-state index in [0.29, 0.717) is 6.42 Å². The molecule has 1 N–H and O–H groups in total. The van der Waals surface area contributed by atoms with Crippen LogP contribution >= 0.6 is 0 Å². The smallest absolute Gasteiger partial charge is 0.220 e. The zero-order chi connectivity index (χ0) is 12.3. The Kier molecular flexibility index (Phi) is 3.52. The monoisotopic (exact) mass is 235 g/mol. The highest BCUT2D eigenvalue weighted by Gasteiger charge is 2.22. The number of amides is 1. The van der Waals surface area contributed by atoms with Gasteiger partial charge in [0.15, 0.2) is 0 Å². The minimum Gasteiger partial charge on any atom is -0.497 e. The molecule has 0 bridgehead atoms. The predicted octanol–water partition coefficient (Wildman–Crippen LogP) is 1.52. The second kappa shape index (κ2) is 5.08. The van der Waals surface area contributed by atoms with Crippen molar-refractivity contribution >= 4 is 5.91 Å². The second-order valence-electron chi connectivity index (χ2n) is 4.19. The first-order chi connectivity index (χ1) is 8.22. The molecule has 4 nitrogen and oxygen atoms in total. The van der Waals surface area contributed by atoms with Crippen LogP contribution in [0.25, 0.3) is 0 Å². The van der Waals surface area contributed by atoms with Gasteiger partial charge in [0.2, 0.25) is 5.91 Å². The molecule has 1 amide bonds. The minimum absolute atomic E-state index is 0.141. The zero-order valence-corrected chi connectivity index (χ0v) is 10.2. The molecular weight excluding hydrogens is 218 g/mol. The highest BCUT2D eigenvalue weighted by Crippen LogP contribution is 2.26. The molecule has 1 heterocycles. The number of hydrogen-bond acceptors (Lipinski definition) is 3. The van der Waals surface area contributed by atoms with Gasteiger partial charge in [0.1, 0.15) is 11.5 Å². The van der Waals surface area contributed by atoms with E-state index in [4.69, 9.17) is 9.47 Å². The van der Waals surface area contributed by atoms with Gasteiger partial charge in [-0.15, -0.1) is 0 Å². The topological polar surface area (TPSA) is 47.6 Å². The van der Waals surface area contributed by atoms with Gasteiger partial charge in [-0.1, -0.05) is 6.07 Å². The summed E-state index contributed by atoms with van der Waals surface area (Å²) in [5.41, 5.74) is 1.10. The molecule has 4 heteroatoms. The Balaban J connectivity index is 2.12.